The third kappa shape index (κ3) is 6.12. The van der Waals surface area contributed by atoms with Gasteiger partial charge in [0.15, 0.2) is 0 Å². The summed E-state index contributed by atoms with van der Waals surface area (Å²) < 4.78 is 14.1. The number of rotatable bonds is 9. The normalized spacial score (nSPS) is 11.4. The second-order valence-corrected chi connectivity index (χ2v) is 7.16. The van der Waals surface area contributed by atoms with Crippen LogP contribution in [-0.2, 0) is 11.3 Å². The second-order valence-electron chi connectivity index (χ2n) is 7.16. The van der Waals surface area contributed by atoms with Crippen molar-refractivity contribution < 1.29 is 14.0 Å². The van der Waals surface area contributed by atoms with Gasteiger partial charge in [-0.2, -0.15) is 0 Å². The molecule has 0 aliphatic heterocycles. The van der Waals surface area contributed by atoms with Crippen LogP contribution in [0.3, 0.4) is 0 Å². The highest BCUT2D eigenvalue weighted by Gasteiger charge is 2.23. The van der Waals surface area contributed by atoms with E-state index in [0.29, 0.717) is 11.1 Å². The number of benzene rings is 3. The van der Waals surface area contributed by atoms with Crippen LogP contribution in [0, 0.1) is 5.82 Å². The first kappa shape index (κ1) is 22.0. The van der Waals surface area contributed by atoms with Crippen molar-refractivity contribution in [3.8, 4) is 0 Å². The minimum Gasteiger partial charge on any atom is -0.345 e. The maximum Gasteiger partial charge on any atom is 0.251 e. The molecule has 0 saturated heterocycles. The highest BCUT2D eigenvalue weighted by atomic mass is 19.1. The van der Waals surface area contributed by atoms with E-state index in [4.69, 9.17) is 0 Å². The Morgan fingerprint density at radius 2 is 1.55 bits per heavy atom. The number of amides is 2. The molecule has 2 amide bonds. The number of nitrogens with one attached hydrogen (secondary N) is 1. The third-order valence-corrected chi connectivity index (χ3v) is 4.94. The summed E-state index contributed by atoms with van der Waals surface area (Å²) in [5, 5.41) is 2.97. The summed E-state index contributed by atoms with van der Waals surface area (Å²) in [6.07, 6.45) is 1.66. The van der Waals surface area contributed by atoms with Crippen molar-refractivity contribution >= 4 is 11.8 Å². The molecule has 1 unspecified atom stereocenters. The summed E-state index contributed by atoms with van der Waals surface area (Å²) in [5.74, 6) is -0.821. The van der Waals surface area contributed by atoms with Gasteiger partial charge in [-0.15, -0.1) is 6.58 Å². The van der Waals surface area contributed by atoms with E-state index >= 15 is 0 Å². The van der Waals surface area contributed by atoms with Gasteiger partial charge in [0.1, 0.15) is 5.82 Å². The van der Waals surface area contributed by atoms with Gasteiger partial charge in [-0.05, 0) is 23.8 Å². The second kappa shape index (κ2) is 10.9. The number of carbonyl (C=O) groups excluding carboxylic acids is 2. The van der Waals surface area contributed by atoms with Crippen LogP contribution in [0.5, 0.6) is 0 Å². The molecule has 3 aromatic carbocycles. The highest BCUT2D eigenvalue weighted by molar-refractivity contribution is 5.94. The average Bonchev–Trinajstić information content (AvgIpc) is 2.80. The molecule has 1 N–H and O–H groups in total. The Bertz CT molecular complexity index is 1020. The van der Waals surface area contributed by atoms with E-state index in [1.54, 1.807) is 48.5 Å². The topological polar surface area (TPSA) is 49.4 Å². The Balaban J connectivity index is 1.79. The highest BCUT2D eigenvalue weighted by Crippen LogP contribution is 2.20. The van der Waals surface area contributed by atoms with E-state index in [2.05, 4.69) is 11.9 Å². The van der Waals surface area contributed by atoms with Gasteiger partial charge >= 0.3 is 0 Å². The molecule has 3 rings (SSSR count). The molecule has 1 atom stereocenters. The van der Waals surface area contributed by atoms with Gasteiger partial charge < -0.3 is 10.2 Å². The molecular formula is C26H25FN2O2. The van der Waals surface area contributed by atoms with Crippen molar-refractivity contribution in [3.05, 3.63) is 120 Å². The summed E-state index contributed by atoms with van der Waals surface area (Å²) in [7, 11) is 0. The third-order valence-electron chi connectivity index (χ3n) is 4.94. The predicted octanol–water partition coefficient (Wildman–Crippen LogP) is 4.90. The van der Waals surface area contributed by atoms with Gasteiger partial charge in [0.2, 0.25) is 5.91 Å². The monoisotopic (exact) mass is 416 g/mol. The molecular weight excluding hydrogens is 391 g/mol. The van der Waals surface area contributed by atoms with Gasteiger partial charge in [-0.25, -0.2) is 4.39 Å². The van der Waals surface area contributed by atoms with Crippen molar-refractivity contribution in [2.45, 2.75) is 19.0 Å². The molecule has 0 aliphatic carbocycles. The lowest BCUT2D eigenvalue weighted by atomic mass is 10.0. The maximum absolute atomic E-state index is 14.1. The van der Waals surface area contributed by atoms with Gasteiger partial charge in [-0.1, -0.05) is 72.8 Å². The fourth-order valence-corrected chi connectivity index (χ4v) is 3.32. The number of hydrogen-bond donors (Lipinski definition) is 1. The largest absolute Gasteiger partial charge is 0.345 e. The Hall–Kier alpha value is -3.73. The molecule has 0 aliphatic rings. The van der Waals surface area contributed by atoms with Crippen molar-refractivity contribution in [2.24, 2.45) is 0 Å². The molecule has 31 heavy (non-hydrogen) atoms. The van der Waals surface area contributed by atoms with Crippen LogP contribution in [0.15, 0.2) is 97.6 Å². The van der Waals surface area contributed by atoms with Crippen LogP contribution in [0.25, 0.3) is 0 Å². The zero-order valence-electron chi connectivity index (χ0n) is 17.2. The van der Waals surface area contributed by atoms with E-state index in [1.807, 2.05) is 36.4 Å². The predicted molar refractivity (Wildman–Crippen MR) is 120 cm³/mol. The first-order chi connectivity index (χ1) is 15.1. The van der Waals surface area contributed by atoms with Crippen LogP contribution >= 0.6 is 0 Å². The van der Waals surface area contributed by atoms with Crippen molar-refractivity contribution in [3.63, 3.8) is 0 Å². The van der Waals surface area contributed by atoms with Crippen LogP contribution in [0.4, 0.5) is 4.39 Å². The molecule has 0 spiro atoms. The van der Waals surface area contributed by atoms with Crippen LogP contribution < -0.4 is 5.32 Å². The molecule has 158 valence electrons. The standard InChI is InChI=1S/C26H25FN2O2/c1-2-17-29(19-22-15-9-10-16-23(22)27)25(30)18-24(20-11-5-3-6-12-20)28-26(31)21-13-7-4-8-14-21/h2-16,24H,1,17-19H2,(H,28,31). The Kier molecular flexibility index (Phi) is 7.71. The molecule has 0 heterocycles. The minimum atomic E-state index is -0.519. The molecule has 0 aromatic heterocycles. The quantitative estimate of drug-likeness (QED) is 0.504. The van der Waals surface area contributed by atoms with Gasteiger partial charge in [-0.3, -0.25) is 9.59 Å². The minimum absolute atomic E-state index is 0.0465. The fourth-order valence-electron chi connectivity index (χ4n) is 3.32. The van der Waals surface area contributed by atoms with Gasteiger partial charge in [0.25, 0.3) is 5.91 Å². The number of nitrogens with zero attached hydrogens (tertiary/aromatic N) is 1. The van der Waals surface area contributed by atoms with E-state index < -0.39 is 6.04 Å². The number of halogens is 1. The van der Waals surface area contributed by atoms with Crippen LogP contribution in [0.1, 0.15) is 33.9 Å². The zero-order valence-corrected chi connectivity index (χ0v) is 17.2. The molecule has 5 heteroatoms. The lowest BCUT2D eigenvalue weighted by Crippen LogP contribution is -2.36. The number of hydrogen-bond acceptors (Lipinski definition) is 2. The van der Waals surface area contributed by atoms with Crippen LogP contribution in [-0.4, -0.2) is 23.3 Å². The maximum atomic E-state index is 14.1. The van der Waals surface area contributed by atoms with Crippen LogP contribution in [0.2, 0.25) is 0 Å². The summed E-state index contributed by atoms with van der Waals surface area (Å²) in [4.78, 5) is 27.4. The van der Waals surface area contributed by atoms with E-state index in [-0.39, 0.29) is 37.1 Å². The van der Waals surface area contributed by atoms with E-state index in [9.17, 15) is 14.0 Å². The summed E-state index contributed by atoms with van der Waals surface area (Å²) >= 11 is 0. The Morgan fingerprint density at radius 1 is 0.935 bits per heavy atom. The first-order valence-corrected chi connectivity index (χ1v) is 10.1. The lowest BCUT2D eigenvalue weighted by Gasteiger charge is -2.25. The van der Waals surface area contributed by atoms with Gasteiger partial charge in [0.05, 0.1) is 12.5 Å². The fraction of sp³-hybridized carbons (Fsp3) is 0.154. The molecule has 0 bridgehead atoms. The molecule has 3 aromatic rings. The van der Waals surface area contributed by atoms with E-state index in [1.165, 1.54) is 11.0 Å². The lowest BCUT2D eigenvalue weighted by molar-refractivity contribution is -0.131. The summed E-state index contributed by atoms with van der Waals surface area (Å²) in [6, 6.07) is 24.1. The average molecular weight is 416 g/mol. The SMILES string of the molecule is C=CCN(Cc1ccccc1F)C(=O)CC(NC(=O)c1ccccc1)c1ccccc1. The summed E-state index contributed by atoms with van der Waals surface area (Å²) in [6.45, 7) is 4.12. The smallest absolute Gasteiger partial charge is 0.251 e. The van der Waals surface area contributed by atoms with Crippen molar-refractivity contribution in [1.29, 1.82) is 0 Å². The van der Waals surface area contributed by atoms with E-state index in [0.717, 1.165) is 5.56 Å². The molecule has 0 fully saturated rings. The van der Waals surface area contributed by atoms with Crippen molar-refractivity contribution in [1.82, 2.24) is 10.2 Å². The Morgan fingerprint density at radius 3 is 2.19 bits per heavy atom. The first-order valence-electron chi connectivity index (χ1n) is 10.1. The Labute approximate surface area is 182 Å². The molecule has 4 nitrogen and oxygen atoms in total. The number of carbonyl (C=O) groups is 2. The summed E-state index contributed by atoms with van der Waals surface area (Å²) in [5.41, 5.74) is 1.78. The van der Waals surface area contributed by atoms with Gasteiger partial charge in [0, 0.05) is 24.2 Å². The molecule has 0 saturated carbocycles. The zero-order chi connectivity index (χ0) is 22.1. The molecule has 0 radical (unpaired) electrons. The van der Waals surface area contributed by atoms with Crippen molar-refractivity contribution in [2.75, 3.05) is 6.54 Å².